The summed E-state index contributed by atoms with van der Waals surface area (Å²) >= 11 is 6.24. The molecule has 0 aromatic carbocycles. The Kier molecular flexibility index (Phi) is 3.92. The second-order valence-electron chi connectivity index (χ2n) is 4.97. The average Bonchev–Trinajstić information content (AvgIpc) is 2.54. The molecule has 1 atom stereocenters. The van der Waals surface area contributed by atoms with Crippen LogP contribution in [0.15, 0.2) is 12.1 Å². The van der Waals surface area contributed by atoms with Gasteiger partial charge in [0.25, 0.3) is 0 Å². The topological polar surface area (TPSA) is 56.7 Å². The van der Waals surface area contributed by atoms with Crippen LogP contribution in [0.25, 0.3) is 0 Å². The Morgan fingerprint density at radius 2 is 1.84 bits per heavy atom. The number of rotatable bonds is 3. The predicted octanol–water partition coefficient (Wildman–Crippen LogP) is 2.64. The van der Waals surface area contributed by atoms with Crippen molar-refractivity contribution in [3.63, 3.8) is 0 Å². The fourth-order valence-electron chi connectivity index (χ4n) is 2.32. The minimum absolute atomic E-state index is 0.0965. The smallest absolute Gasteiger partial charge is 0.130 e. The Morgan fingerprint density at radius 3 is 2.32 bits per heavy atom. The molecule has 5 heteroatoms. The molecule has 0 aliphatic heterocycles. The first-order chi connectivity index (χ1) is 8.88. The van der Waals surface area contributed by atoms with Gasteiger partial charge in [0.15, 0.2) is 0 Å². The molecule has 0 spiro atoms. The van der Waals surface area contributed by atoms with Crippen LogP contribution >= 0.6 is 11.6 Å². The molecule has 2 N–H and O–H groups in total. The number of halogens is 1. The van der Waals surface area contributed by atoms with E-state index in [0.717, 1.165) is 28.2 Å². The average molecular weight is 279 g/mol. The van der Waals surface area contributed by atoms with Gasteiger partial charge in [-0.15, -0.1) is 0 Å². The van der Waals surface area contributed by atoms with Gasteiger partial charge in [-0.2, -0.15) is 5.10 Å². The highest BCUT2D eigenvalue weighted by Crippen LogP contribution is 2.25. The maximum absolute atomic E-state index is 6.29. The standard InChI is InChI=1S/C14H19ClN4/c1-8-5-11(6-9(2)17-8)13(16)7-12-10(3)18-19(4)14(12)15/h5-6,13H,7,16H2,1-4H3. The number of aryl methyl sites for hydroxylation is 4. The van der Waals surface area contributed by atoms with Crippen molar-refractivity contribution in [1.29, 1.82) is 0 Å². The van der Waals surface area contributed by atoms with Crippen molar-refractivity contribution >= 4 is 11.6 Å². The maximum atomic E-state index is 6.29. The number of pyridine rings is 1. The van der Waals surface area contributed by atoms with Crippen LogP contribution in [0.2, 0.25) is 5.15 Å². The van der Waals surface area contributed by atoms with Gasteiger partial charge < -0.3 is 5.73 Å². The number of hydrogen-bond donors (Lipinski definition) is 1. The number of hydrogen-bond acceptors (Lipinski definition) is 3. The largest absolute Gasteiger partial charge is 0.324 e. The van der Waals surface area contributed by atoms with Gasteiger partial charge in [-0.3, -0.25) is 9.67 Å². The maximum Gasteiger partial charge on any atom is 0.130 e. The van der Waals surface area contributed by atoms with E-state index in [2.05, 4.69) is 10.1 Å². The lowest BCUT2D eigenvalue weighted by Gasteiger charge is -2.13. The molecular formula is C14H19ClN4. The molecule has 1 unspecified atom stereocenters. The zero-order valence-corrected chi connectivity index (χ0v) is 12.5. The molecule has 0 radical (unpaired) electrons. The van der Waals surface area contributed by atoms with E-state index in [1.807, 2.05) is 40.0 Å². The summed E-state index contributed by atoms with van der Waals surface area (Å²) in [6.07, 6.45) is 0.682. The molecule has 0 saturated heterocycles. The van der Waals surface area contributed by atoms with Crippen molar-refractivity contribution < 1.29 is 0 Å². The van der Waals surface area contributed by atoms with Gasteiger partial charge in [0.1, 0.15) is 5.15 Å². The second-order valence-corrected chi connectivity index (χ2v) is 5.33. The van der Waals surface area contributed by atoms with E-state index in [0.29, 0.717) is 11.6 Å². The first kappa shape index (κ1) is 14.0. The Labute approximate surface area is 118 Å². The molecule has 0 amide bonds. The number of nitrogens with zero attached hydrogens (tertiary/aromatic N) is 3. The van der Waals surface area contributed by atoms with E-state index in [1.165, 1.54) is 0 Å². The van der Waals surface area contributed by atoms with E-state index >= 15 is 0 Å². The summed E-state index contributed by atoms with van der Waals surface area (Å²) in [7, 11) is 1.84. The lowest BCUT2D eigenvalue weighted by Crippen LogP contribution is -2.14. The number of nitrogens with two attached hydrogens (primary N) is 1. The van der Waals surface area contributed by atoms with Crippen LogP contribution in [0.5, 0.6) is 0 Å². The summed E-state index contributed by atoms with van der Waals surface area (Å²) in [4.78, 5) is 4.36. The van der Waals surface area contributed by atoms with Gasteiger partial charge in [-0.1, -0.05) is 11.6 Å². The lowest BCUT2D eigenvalue weighted by molar-refractivity contribution is 0.714. The first-order valence-corrected chi connectivity index (χ1v) is 6.65. The fourth-order valence-corrected chi connectivity index (χ4v) is 2.58. The summed E-state index contributed by atoms with van der Waals surface area (Å²) in [6.45, 7) is 5.91. The van der Waals surface area contributed by atoms with Crippen LogP contribution in [0.4, 0.5) is 0 Å². The molecule has 0 saturated carbocycles. The third-order valence-corrected chi connectivity index (χ3v) is 3.70. The highest BCUT2D eigenvalue weighted by atomic mass is 35.5. The highest BCUT2D eigenvalue weighted by Gasteiger charge is 2.16. The highest BCUT2D eigenvalue weighted by molar-refractivity contribution is 6.30. The Morgan fingerprint density at radius 1 is 1.26 bits per heavy atom. The van der Waals surface area contributed by atoms with Crippen LogP contribution in [0.1, 0.15) is 34.3 Å². The summed E-state index contributed by atoms with van der Waals surface area (Å²) in [5.74, 6) is 0. The van der Waals surface area contributed by atoms with Crippen molar-refractivity contribution in [2.24, 2.45) is 12.8 Å². The first-order valence-electron chi connectivity index (χ1n) is 6.27. The van der Waals surface area contributed by atoms with E-state index in [-0.39, 0.29) is 6.04 Å². The van der Waals surface area contributed by atoms with Gasteiger partial charge >= 0.3 is 0 Å². The normalized spacial score (nSPS) is 12.7. The molecule has 0 aliphatic carbocycles. The molecule has 0 bridgehead atoms. The van der Waals surface area contributed by atoms with Gasteiger partial charge in [0.2, 0.25) is 0 Å². The summed E-state index contributed by atoms with van der Waals surface area (Å²) in [6, 6.07) is 3.95. The molecule has 102 valence electrons. The molecule has 2 aromatic rings. The molecule has 19 heavy (non-hydrogen) atoms. The van der Waals surface area contributed by atoms with Gasteiger partial charge in [0, 0.05) is 30.0 Å². The second kappa shape index (κ2) is 5.31. The molecular weight excluding hydrogens is 260 g/mol. The van der Waals surface area contributed by atoms with Crippen molar-refractivity contribution in [2.45, 2.75) is 33.2 Å². The van der Waals surface area contributed by atoms with E-state index < -0.39 is 0 Å². The van der Waals surface area contributed by atoms with Crippen LogP contribution < -0.4 is 5.73 Å². The van der Waals surface area contributed by atoms with E-state index in [1.54, 1.807) is 4.68 Å². The lowest BCUT2D eigenvalue weighted by atomic mass is 10.00. The van der Waals surface area contributed by atoms with Crippen LogP contribution in [-0.4, -0.2) is 14.8 Å². The summed E-state index contributed by atoms with van der Waals surface area (Å²) in [5.41, 5.74) is 11.3. The Balaban J connectivity index is 2.27. The zero-order chi connectivity index (χ0) is 14.2. The SMILES string of the molecule is Cc1cc(C(N)Cc2c(C)nn(C)c2Cl)cc(C)n1. The van der Waals surface area contributed by atoms with Crippen LogP contribution in [-0.2, 0) is 13.5 Å². The fraction of sp³-hybridized carbons (Fsp3) is 0.429. The van der Waals surface area contributed by atoms with Crippen molar-refractivity contribution in [1.82, 2.24) is 14.8 Å². The minimum atomic E-state index is -0.0965. The quantitative estimate of drug-likeness (QED) is 0.939. The van der Waals surface area contributed by atoms with Crippen LogP contribution in [0.3, 0.4) is 0 Å². The van der Waals surface area contributed by atoms with Crippen molar-refractivity contribution in [2.75, 3.05) is 0 Å². The van der Waals surface area contributed by atoms with Crippen molar-refractivity contribution in [3.05, 3.63) is 45.5 Å². The zero-order valence-electron chi connectivity index (χ0n) is 11.7. The number of aromatic nitrogens is 3. The third kappa shape index (κ3) is 2.96. The van der Waals surface area contributed by atoms with Gasteiger partial charge in [0.05, 0.1) is 5.69 Å². The Hall–Kier alpha value is -1.39. The molecule has 4 nitrogen and oxygen atoms in total. The molecule has 0 aliphatic rings. The predicted molar refractivity (Wildman–Crippen MR) is 77.3 cm³/mol. The minimum Gasteiger partial charge on any atom is -0.324 e. The van der Waals surface area contributed by atoms with E-state index in [4.69, 9.17) is 17.3 Å². The van der Waals surface area contributed by atoms with Crippen LogP contribution in [0, 0.1) is 20.8 Å². The third-order valence-electron chi connectivity index (χ3n) is 3.23. The van der Waals surface area contributed by atoms with Crippen molar-refractivity contribution in [3.8, 4) is 0 Å². The Bertz CT molecular complexity index is 583. The molecule has 2 aromatic heterocycles. The molecule has 2 rings (SSSR count). The van der Waals surface area contributed by atoms with Gasteiger partial charge in [-0.05, 0) is 44.9 Å². The molecule has 2 heterocycles. The summed E-state index contributed by atoms with van der Waals surface area (Å²) < 4.78 is 1.68. The van der Waals surface area contributed by atoms with E-state index in [9.17, 15) is 0 Å². The monoisotopic (exact) mass is 278 g/mol. The molecule has 0 fully saturated rings. The van der Waals surface area contributed by atoms with Gasteiger partial charge in [-0.25, -0.2) is 0 Å². The summed E-state index contributed by atoms with van der Waals surface area (Å²) in [5, 5.41) is 4.97.